The summed E-state index contributed by atoms with van der Waals surface area (Å²) in [5.74, 6) is -0.136. The maximum absolute atomic E-state index is 12.7. The van der Waals surface area contributed by atoms with Gasteiger partial charge >= 0.3 is 0 Å². The van der Waals surface area contributed by atoms with E-state index >= 15 is 0 Å². The van der Waals surface area contributed by atoms with Crippen molar-refractivity contribution in [2.75, 3.05) is 0 Å². The van der Waals surface area contributed by atoms with Gasteiger partial charge in [-0.25, -0.2) is 0 Å². The minimum atomic E-state index is -0.531. The van der Waals surface area contributed by atoms with Crippen molar-refractivity contribution in [3.8, 4) is 0 Å². The molecule has 21 heavy (non-hydrogen) atoms. The molecule has 0 radical (unpaired) electrons. The highest BCUT2D eigenvalue weighted by Crippen LogP contribution is 2.30. The van der Waals surface area contributed by atoms with E-state index < -0.39 is 5.54 Å². The fourth-order valence-corrected chi connectivity index (χ4v) is 3.25. The summed E-state index contributed by atoms with van der Waals surface area (Å²) in [4.78, 5) is 17.3. The lowest BCUT2D eigenvalue weighted by molar-refractivity contribution is 0.0926. The second kappa shape index (κ2) is 5.41. The predicted molar refractivity (Wildman–Crippen MR) is 87.2 cm³/mol. The molecule has 0 spiro atoms. The summed E-state index contributed by atoms with van der Waals surface area (Å²) in [5, 5.41) is 3.91. The summed E-state index contributed by atoms with van der Waals surface area (Å²) in [5.41, 5.74) is 6.77. The Hall–Kier alpha value is -2.01. The number of rotatable bonds is 3. The van der Waals surface area contributed by atoms with E-state index in [2.05, 4.69) is 10.3 Å². The Bertz CT molecular complexity index is 702. The van der Waals surface area contributed by atoms with Crippen LogP contribution in [0.25, 0.3) is 10.9 Å². The van der Waals surface area contributed by atoms with Crippen molar-refractivity contribution >= 4 is 34.0 Å². The second-order valence-electron chi connectivity index (χ2n) is 5.48. The Kier molecular flexibility index (Phi) is 3.59. The van der Waals surface area contributed by atoms with E-state index in [1.807, 2.05) is 30.3 Å². The number of benzene rings is 1. The van der Waals surface area contributed by atoms with Gasteiger partial charge in [-0.05, 0) is 31.0 Å². The average molecular weight is 299 g/mol. The van der Waals surface area contributed by atoms with Gasteiger partial charge in [0.05, 0.1) is 16.0 Å². The van der Waals surface area contributed by atoms with E-state index in [1.165, 1.54) is 0 Å². The van der Waals surface area contributed by atoms with Gasteiger partial charge in [0, 0.05) is 17.1 Å². The molecule has 1 heterocycles. The minimum Gasteiger partial charge on any atom is -0.391 e. The summed E-state index contributed by atoms with van der Waals surface area (Å²) in [6.07, 6.45) is 5.43. The fourth-order valence-electron chi connectivity index (χ4n) is 3.00. The van der Waals surface area contributed by atoms with Crippen LogP contribution >= 0.6 is 12.2 Å². The van der Waals surface area contributed by atoms with Gasteiger partial charge in [0.2, 0.25) is 0 Å². The van der Waals surface area contributed by atoms with Crippen molar-refractivity contribution in [1.82, 2.24) is 10.3 Å². The first kappa shape index (κ1) is 13.9. The number of fused-ring (bicyclic) bond motifs is 1. The van der Waals surface area contributed by atoms with Gasteiger partial charge < -0.3 is 11.1 Å². The van der Waals surface area contributed by atoms with E-state index in [4.69, 9.17) is 18.0 Å². The molecule has 0 aliphatic heterocycles. The molecule has 1 aromatic heterocycles. The third-order valence-electron chi connectivity index (χ3n) is 4.17. The highest BCUT2D eigenvalue weighted by molar-refractivity contribution is 7.80. The molecule has 5 heteroatoms. The van der Waals surface area contributed by atoms with Crippen LogP contribution in [0.3, 0.4) is 0 Å². The predicted octanol–water partition coefficient (Wildman–Crippen LogP) is 2.56. The highest BCUT2D eigenvalue weighted by atomic mass is 32.1. The summed E-state index contributed by atoms with van der Waals surface area (Å²) < 4.78 is 0. The Morgan fingerprint density at radius 2 is 2.00 bits per heavy atom. The molecular formula is C16H17N3OS. The van der Waals surface area contributed by atoms with Crippen molar-refractivity contribution in [2.45, 2.75) is 31.2 Å². The van der Waals surface area contributed by atoms with Crippen molar-refractivity contribution in [2.24, 2.45) is 5.73 Å². The zero-order valence-electron chi connectivity index (χ0n) is 11.6. The maximum atomic E-state index is 12.7. The van der Waals surface area contributed by atoms with Crippen LogP contribution in [0.4, 0.5) is 0 Å². The van der Waals surface area contributed by atoms with E-state index in [9.17, 15) is 4.79 Å². The second-order valence-corrected chi connectivity index (χ2v) is 5.92. The molecule has 1 saturated carbocycles. The molecule has 0 bridgehead atoms. The molecule has 4 nitrogen and oxygen atoms in total. The van der Waals surface area contributed by atoms with Gasteiger partial charge in [-0.15, -0.1) is 0 Å². The molecule has 0 unspecified atom stereocenters. The molecule has 3 N–H and O–H groups in total. The molecule has 0 atom stereocenters. The molecule has 1 aliphatic rings. The average Bonchev–Trinajstić information content (AvgIpc) is 2.96. The lowest BCUT2D eigenvalue weighted by Gasteiger charge is -2.29. The first-order valence-corrected chi connectivity index (χ1v) is 7.49. The van der Waals surface area contributed by atoms with Gasteiger partial charge in [-0.1, -0.05) is 37.2 Å². The van der Waals surface area contributed by atoms with Gasteiger partial charge in [-0.2, -0.15) is 0 Å². The SMILES string of the molecule is NC(=S)C1(NC(=O)c2cccc3ncccc23)CCCC1. The smallest absolute Gasteiger partial charge is 0.252 e. The number of carbonyl (C=O) groups is 1. The third-order valence-corrected chi connectivity index (χ3v) is 4.56. The summed E-state index contributed by atoms with van der Waals surface area (Å²) in [6.45, 7) is 0. The number of pyridine rings is 1. The maximum Gasteiger partial charge on any atom is 0.252 e. The van der Waals surface area contributed by atoms with Crippen LogP contribution in [0.5, 0.6) is 0 Å². The summed E-state index contributed by atoms with van der Waals surface area (Å²) >= 11 is 5.18. The van der Waals surface area contributed by atoms with Crippen molar-refractivity contribution in [3.63, 3.8) is 0 Å². The lowest BCUT2D eigenvalue weighted by atomic mass is 9.96. The number of nitrogens with two attached hydrogens (primary N) is 1. The standard InChI is InChI=1S/C16H17N3OS/c17-15(21)16(8-1-2-9-16)19-14(20)12-5-3-7-13-11(12)6-4-10-18-13/h3-7,10H,1-2,8-9H2,(H2,17,21)(H,19,20). The van der Waals surface area contributed by atoms with Crippen LogP contribution in [-0.4, -0.2) is 21.4 Å². The first-order valence-electron chi connectivity index (χ1n) is 7.09. The minimum absolute atomic E-state index is 0.136. The summed E-state index contributed by atoms with van der Waals surface area (Å²) in [6, 6.07) is 9.27. The van der Waals surface area contributed by atoms with Crippen LogP contribution in [0.2, 0.25) is 0 Å². The fraction of sp³-hybridized carbons (Fsp3) is 0.312. The van der Waals surface area contributed by atoms with Gasteiger partial charge in [0.1, 0.15) is 0 Å². The number of carbonyl (C=O) groups excluding carboxylic acids is 1. The molecule has 1 fully saturated rings. The number of nitrogens with zero attached hydrogens (tertiary/aromatic N) is 1. The van der Waals surface area contributed by atoms with Crippen LogP contribution in [0.1, 0.15) is 36.0 Å². The van der Waals surface area contributed by atoms with E-state index in [-0.39, 0.29) is 5.91 Å². The number of hydrogen-bond acceptors (Lipinski definition) is 3. The number of aromatic nitrogens is 1. The number of nitrogens with one attached hydrogen (secondary N) is 1. The zero-order chi connectivity index (χ0) is 14.9. The molecule has 1 amide bonds. The highest BCUT2D eigenvalue weighted by Gasteiger charge is 2.38. The zero-order valence-corrected chi connectivity index (χ0v) is 12.5. The van der Waals surface area contributed by atoms with E-state index in [1.54, 1.807) is 6.20 Å². The molecule has 1 aromatic carbocycles. The van der Waals surface area contributed by atoms with Crippen LogP contribution in [-0.2, 0) is 0 Å². The molecule has 2 aromatic rings. The molecule has 1 aliphatic carbocycles. The number of hydrogen-bond donors (Lipinski definition) is 2. The normalized spacial score (nSPS) is 16.8. The molecular weight excluding hydrogens is 282 g/mol. The van der Waals surface area contributed by atoms with Gasteiger partial charge in [0.15, 0.2) is 0 Å². The molecule has 3 rings (SSSR count). The Labute approximate surface area is 128 Å². The lowest BCUT2D eigenvalue weighted by Crippen LogP contribution is -2.54. The van der Waals surface area contributed by atoms with E-state index in [0.29, 0.717) is 10.6 Å². The first-order chi connectivity index (χ1) is 10.1. The monoisotopic (exact) mass is 299 g/mol. The van der Waals surface area contributed by atoms with Crippen molar-refractivity contribution < 1.29 is 4.79 Å². The Balaban J connectivity index is 1.96. The molecule has 108 valence electrons. The topological polar surface area (TPSA) is 68.0 Å². The largest absolute Gasteiger partial charge is 0.391 e. The number of thiocarbonyl (C=S) groups is 1. The quantitative estimate of drug-likeness (QED) is 0.855. The van der Waals surface area contributed by atoms with Crippen LogP contribution < -0.4 is 11.1 Å². The van der Waals surface area contributed by atoms with Crippen molar-refractivity contribution in [3.05, 3.63) is 42.1 Å². The van der Waals surface area contributed by atoms with Crippen LogP contribution in [0, 0.1) is 0 Å². The Morgan fingerprint density at radius 3 is 2.71 bits per heavy atom. The van der Waals surface area contributed by atoms with Crippen molar-refractivity contribution in [1.29, 1.82) is 0 Å². The van der Waals surface area contributed by atoms with Crippen LogP contribution in [0.15, 0.2) is 36.5 Å². The molecule has 0 saturated heterocycles. The summed E-state index contributed by atoms with van der Waals surface area (Å²) in [7, 11) is 0. The third kappa shape index (κ3) is 2.49. The van der Waals surface area contributed by atoms with E-state index in [0.717, 1.165) is 36.6 Å². The number of amides is 1. The van der Waals surface area contributed by atoms with Gasteiger partial charge in [-0.3, -0.25) is 9.78 Å². The Morgan fingerprint density at radius 1 is 1.24 bits per heavy atom. The van der Waals surface area contributed by atoms with Gasteiger partial charge in [0.25, 0.3) is 5.91 Å².